The molecular formula is C46H72N4O6. The quantitative estimate of drug-likeness (QED) is 0.193. The van der Waals surface area contributed by atoms with Crippen molar-refractivity contribution >= 4 is 17.7 Å². The van der Waals surface area contributed by atoms with Gasteiger partial charge in [0.2, 0.25) is 0 Å². The summed E-state index contributed by atoms with van der Waals surface area (Å²) in [7, 11) is 4.14. The maximum atomic E-state index is 14.3. The van der Waals surface area contributed by atoms with E-state index in [1.807, 2.05) is 12.1 Å². The van der Waals surface area contributed by atoms with Gasteiger partial charge in [0.05, 0.1) is 23.6 Å². The van der Waals surface area contributed by atoms with E-state index in [1.54, 1.807) is 20.0 Å². The number of aromatic nitrogens is 2. The molecular weight excluding hydrogens is 705 g/mol. The molecule has 0 unspecified atom stereocenters. The lowest BCUT2D eigenvalue weighted by molar-refractivity contribution is -0.235. The predicted octanol–water partition coefficient (Wildman–Crippen LogP) is 7.59. The van der Waals surface area contributed by atoms with Crippen LogP contribution in [0, 0.1) is 56.2 Å². The highest BCUT2D eigenvalue weighted by atomic mass is 16.5. The monoisotopic (exact) mass is 777 g/mol. The summed E-state index contributed by atoms with van der Waals surface area (Å²) in [6.45, 7) is 22.4. The average molecular weight is 777 g/mol. The SMILES string of the molecule is CC(C)C1=C2[C@H]3CC[C@@H]4[C@@]5(C)CC[C@H](OC(=O)CC(C)(C)C(=O)O)C(C)(C)[C@@H]5CC[C@@]4(C)[C@]3(C)CC[C@@]2([C@@H](O)CN(CCN(C)C)Cc2cccnn2)CC1=O. The van der Waals surface area contributed by atoms with E-state index in [1.165, 1.54) is 5.57 Å². The molecule has 1 heterocycles. The topological polar surface area (TPSA) is 133 Å². The number of likely N-dealkylation sites (N-methyl/N-ethyl adjacent to an activating group) is 1. The summed E-state index contributed by atoms with van der Waals surface area (Å²) in [5.41, 5.74) is 1.22. The molecule has 10 nitrogen and oxygen atoms in total. The molecule has 5 aliphatic rings. The lowest BCUT2D eigenvalue weighted by atomic mass is 9.33. The van der Waals surface area contributed by atoms with Crippen LogP contribution in [0.25, 0.3) is 0 Å². The molecule has 6 rings (SSSR count). The molecule has 0 amide bonds. The average Bonchev–Trinajstić information content (AvgIpc) is 3.42. The van der Waals surface area contributed by atoms with Gasteiger partial charge in [-0.15, -0.1) is 0 Å². The van der Waals surface area contributed by atoms with E-state index in [9.17, 15) is 24.6 Å². The van der Waals surface area contributed by atoms with Crippen LogP contribution in [0.2, 0.25) is 0 Å². The van der Waals surface area contributed by atoms with Gasteiger partial charge in [0.15, 0.2) is 5.78 Å². The zero-order valence-electron chi connectivity index (χ0n) is 36.4. The first-order valence-electron chi connectivity index (χ1n) is 21.6. The van der Waals surface area contributed by atoms with Crippen LogP contribution in [-0.2, 0) is 25.7 Å². The Hall–Kier alpha value is -2.69. The number of hydrogen-bond donors (Lipinski definition) is 2. The lowest BCUT2D eigenvalue weighted by Gasteiger charge is -2.72. The number of ketones is 1. The Kier molecular flexibility index (Phi) is 11.6. The molecule has 0 aliphatic heterocycles. The Morgan fingerprint density at radius 2 is 1.68 bits per heavy atom. The van der Waals surface area contributed by atoms with Crippen molar-refractivity contribution in [3.8, 4) is 0 Å². The zero-order chi connectivity index (χ0) is 41.2. The number of aliphatic hydroxyl groups excluding tert-OH is 1. The number of aliphatic hydroxyl groups is 1. The molecule has 2 N–H and O–H groups in total. The second-order valence-corrected chi connectivity index (χ2v) is 21.3. The number of carbonyl (C=O) groups is 3. The van der Waals surface area contributed by atoms with Gasteiger partial charge >= 0.3 is 11.9 Å². The fraction of sp³-hybridized carbons (Fsp3) is 0.804. The highest BCUT2D eigenvalue weighted by Gasteiger charge is 2.71. The number of hydrogen-bond acceptors (Lipinski definition) is 9. The van der Waals surface area contributed by atoms with Gasteiger partial charge < -0.3 is 19.8 Å². The Bertz CT molecular complexity index is 1690. The summed E-state index contributed by atoms with van der Waals surface area (Å²) < 4.78 is 6.19. The maximum Gasteiger partial charge on any atom is 0.309 e. The molecule has 4 fully saturated rings. The summed E-state index contributed by atoms with van der Waals surface area (Å²) in [5.74, 6) is -0.0208. The number of esters is 1. The molecule has 0 bridgehead atoms. The summed E-state index contributed by atoms with van der Waals surface area (Å²) in [4.78, 5) is 43.7. The van der Waals surface area contributed by atoms with E-state index in [-0.39, 0.29) is 51.8 Å². The first-order valence-corrected chi connectivity index (χ1v) is 21.6. The van der Waals surface area contributed by atoms with Gasteiger partial charge in [-0.25, -0.2) is 0 Å². The number of allylic oxidation sites excluding steroid dienone is 1. The molecule has 56 heavy (non-hydrogen) atoms. The fourth-order valence-corrected chi connectivity index (χ4v) is 13.6. The minimum absolute atomic E-state index is 0.0344. The van der Waals surface area contributed by atoms with Crippen molar-refractivity contribution in [2.75, 3.05) is 33.7 Å². The standard InChI is InChI=1S/C46H72N4O6/c1-29(2)38-32(51)25-46(35(52)28-50(24-23-49(10)11)27-30-13-12-22-47-48-30)21-20-44(8)31(39(38)46)14-15-34-43(7)18-17-36(56-37(53)26-41(3,4)40(54)55)42(5,6)33(43)16-19-45(34,44)9/h12-13,22,29,31,33-36,52H,14-21,23-28H2,1-11H3,(H,54,55)/t31-,33+,34-,35+,36+,43+,44-,45-,46+/m1/s1. The van der Waals surface area contributed by atoms with Crippen LogP contribution in [0.15, 0.2) is 29.5 Å². The van der Waals surface area contributed by atoms with Crippen molar-refractivity contribution in [3.05, 3.63) is 35.2 Å². The number of carboxylic acid groups (broad SMARTS) is 1. The highest BCUT2D eigenvalue weighted by molar-refractivity contribution is 6.00. The van der Waals surface area contributed by atoms with Crippen LogP contribution in [0.3, 0.4) is 0 Å². The Balaban J connectivity index is 1.29. The van der Waals surface area contributed by atoms with Gasteiger partial charge in [0.1, 0.15) is 6.10 Å². The van der Waals surface area contributed by atoms with E-state index >= 15 is 0 Å². The molecule has 4 saturated carbocycles. The number of carbonyl (C=O) groups excluding carboxylic acids is 2. The van der Waals surface area contributed by atoms with Crippen LogP contribution in [0.1, 0.15) is 132 Å². The van der Waals surface area contributed by atoms with Crippen LogP contribution in [0.4, 0.5) is 0 Å². The molecule has 0 aromatic carbocycles. The van der Waals surface area contributed by atoms with E-state index in [4.69, 9.17) is 4.74 Å². The van der Waals surface area contributed by atoms with Crippen molar-refractivity contribution < 1.29 is 29.3 Å². The first kappa shape index (κ1) is 42.9. The molecule has 9 atom stereocenters. The smallest absolute Gasteiger partial charge is 0.309 e. The molecule has 0 radical (unpaired) electrons. The zero-order valence-corrected chi connectivity index (χ0v) is 36.4. The third-order valence-electron chi connectivity index (χ3n) is 16.8. The molecule has 1 aromatic heterocycles. The molecule has 312 valence electrons. The maximum absolute atomic E-state index is 14.3. The summed E-state index contributed by atoms with van der Waals surface area (Å²) >= 11 is 0. The first-order chi connectivity index (χ1) is 26.0. The van der Waals surface area contributed by atoms with Crippen molar-refractivity contribution in [2.45, 2.75) is 145 Å². The van der Waals surface area contributed by atoms with E-state index < -0.39 is 28.9 Å². The third-order valence-corrected chi connectivity index (χ3v) is 16.8. The van der Waals surface area contributed by atoms with Gasteiger partial charge in [0.25, 0.3) is 0 Å². The fourth-order valence-electron chi connectivity index (χ4n) is 13.6. The van der Waals surface area contributed by atoms with Gasteiger partial charge in [-0.2, -0.15) is 10.2 Å². The molecule has 5 aliphatic carbocycles. The summed E-state index contributed by atoms with van der Waals surface area (Å²) in [6.07, 6.45) is 8.76. The van der Waals surface area contributed by atoms with Gasteiger partial charge in [-0.05, 0) is 137 Å². The number of rotatable bonds is 13. The number of fused-ring (bicyclic) bond motifs is 7. The minimum atomic E-state index is -1.17. The Morgan fingerprint density at radius 1 is 0.964 bits per heavy atom. The van der Waals surface area contributed by atoms with E-state index in [0.29, 0.717) is 31.3 Å². The second-order valence-electron chi connectivity index (χ2n) is 21.3. The van der Waals surface area contributed by atoms with Crippen LogP contribution in [0.5, 0.6) is 0 Å². The molecule has 0 spiro atoms. The number of nitrogens with zero attached hydrogens (tertiary/aromatic N) is 4. The predicted molar refractivity (Wildman–Crippen MR) is 217 cm³/mol. The van der Waals surface area contributed by atoms with E-state index in [2.05, 4.69) is 82.6 Å². The molecule has 10 heteroatoms. The van der Waals surface area contributed by atoms with Crippen LogP contribution >= 0.6 is 0 Å². The number of aliphatic carboxylic acids is 1. The minimum Gasteiger partial charge on any atom is -0.481 e. The largest absolute Gasteiger partial charge is 0.481 e. The highest BCUT2D eigenvalue weighted by Crippen LogP contribution is 2.77. The third kappa shape index (κ3) is 7.09. The van der Waals surface area contributed by atoms with Crippen LogP contribution < -0.4 is 0 Å². The molecule has 0 saturated heterocycles. The lowest BCUT2D eigenvalue weighted by Crippen LogP contribution is -2.66. The molecule has 1 aromatic rings. The second kappa shape index (κ2) is 15.2. The van der Waals surface area contributed by atoms with Gasteiger partial charge in [0, 0.05) is 49.6 Å². The Labute approximate surface area is 336 Å². The Morgan fingerprint density at radius 3 is 2.30 bits per heavy atom. The van der Waals surface area contributed by atoms with Crippen molar-refractivity contribution in [3.63, 3.8) is 0 Å². The van der Waals surface area contributed by atoms with Crippen molar-refractivity contribution in [1.82, 2.24) is 20.0 Å². The van der Waals surface area contributed by atoms with Crippen LogP contribution in [-0.4, -0.2) is 93.9 Å². The van der Waals surface area contributed by atoms with Gasteiger partial charge in [-0.1, -0.05) is 54.0 Å². The number of carboxylic acids is 1. The van der Waals surface area contributed by atoms with E-state index in [0.717, 1.165) is 75.7 Å². The van der Waals surface area contributed by atoms with Crippen molar-refractivity contribution in [1.29, 1.82) is 0 Å². The normalized spacial score (nSPS) is 35.9. The van der Waals surface area contributed by atoms with Crippen molar-refractivity contribution in [2.24, 2.45) is 56.2 Å². The summed E-state index contributed by atoms with van der Waals surface area (Å²) in [6, 6.07) is 3.90. The number of Topliss-reactive ketones (excluding diaryl/α,β-unsaturated/α-hetero) is 1. The number of ether oxygens (including phenoxy) is 1. The summed E-state index contributed by atoms with van der Waals surface area (Å²) in [5, 5.41) is 30.8. The van der Waals surface area contributed by atoms with Gasteiger partial charge in [-0.3, -0.25) is 19.3 Å².